The molecule has 1 aliphatic heterocycles. The molecule has 6 nitrogen and oxygen atoms in total. The summed E-state index contributed by atoms with van der Waals surface area (Å²) in [5, 5.41) is 3.12. The average Bonchev–Trinajstić information content (AvgIpc) is 3.23. The summed E-state index contributed by atoms with van der Waals surface area (Å²) in [5.74, 6) is 0.537. The van der Waals surface area contributed by atoms with E-state index in [1.165, 1.54) is 12.1 Å². The van der Waals surface area contributed by atoms with Crippen LogP contribution in [0.2, 0.25) is 0 Å². The van der Waals surface area contributed by atoms with Crippen LogP contribution in [0.1, 0.15) is 29.0 Å². The van der Waals surface area contributed by atoms with Crippen LogP contribution >= 0.6 is 0 Å². The number of fused-ring (bicyclic) bond motifs is 1. The summed E-state index contributed by atoms with van der Waals surface area (Å²) >= 11 is 0. The molecule has 1 saturated heterocycles. The molecular formula is C25H24FN5O. The number of carbonyl (C=O) groups excluding carboxylic acids is 1. The van der Waals surface area contributed by atoms with Gasteiger partial charge in [0.2, 0.25) is 0 Å². The molecule has 2 aromatic heterocycles. The highest BCUT2D eigenvalue weighted by atomic mass is 19.1. The Hall–Kier alpha value is -3.58. The third kappa shape index (κ3) is 4.53. The SMILES string of the molecule is O=C(NC1CCN(Cc2nc3ccccc3[nH]2)CC1)c1ccc(-c2cccc(F)c2)nc1. The molecule has 0 spiro atoms. The van der Waals surface area contributed by atoms with E-state index in [0.717, 1.165) is 49.3 Å². The number of pyridine rings is 1. The highest BCUT2D eigenvalue weighted by Gasteiger charge is 2.22. The predicted molar refractivity (Wildman–Crippen MR) is 121 cm³/mol. The van der Waals surface area contributed by atoms with Gasteiger partial charge in [-0.3, -0.25) is 14.7 Å². The number of hydrogen-bond donors (Lipinski definition) is 2. The summed E-state index contributed by atoms with van der Waals surface area (Å²) in [7, 11) is 0. The van der Waals surface area contributed by atoms with Gasteiger partial charge in [-0.2, -0.15) is 0 Å². The Balaban J connectivity index is 1.14. The molecule has 162 valence electrons. The van der Waals surface area contributed by atoms with Crippen molar-refractivity contribution in [3.8, 4) is 11.3 Å². The van der Waals surface area contributed by atoms with Gasteiger partial charge < -0.3 is 10.3 Å². The molecule has 0 aliphatic carbocycles. The fourth-order valence-corrected chi connectivity index (χ4v) is 4.14. The van der Waals surface area contributed by atoms with Crippen molar-refractivity contribution in [3.05, 3.63) is 84.1 Å². The fourth-order valence-electron chi connectivity index (χ4n) is 4.14. The number of carbonyl (C=O) groups is 1. The number of rotatable bonds is 5. The zero-order valence-corrected chi connectivity index (χ0v) is 17.6. The highest BCUT2D eigenvalue weighted by molar-refractivity contribution is 5.94. The Labute approximate surface area is 185 Å². The molecule has 0 unspecified atom stereocenters. The molecule has 5 rings (SSSR count). The second-order valence-electron chi connectivity index (χ2n) is 8.17. The van der Waals surface area contributed by atoms with Crippen LogP contribution in [-0.4, -0.2) is 44.9 Å². The van der Waals surface area contributed by atoms with Crippen molar-refractivity contribution in [1.82, 2.24) is 25.2 Å². The lowest BCUT2D eigenvalue weighted by molar-refractivity contribution is 0.0908. The number of imidazole rings is 1. The van der Waals surface area contributed by atoms with Crippen molar-refractivity contribution in [2.45, 2.75) is 25.4 Å². The molecule has 0 atom stereocenters. The molecule has 32 heavy (non-hydrogen) atoms. The van der Waals surface area contributed by atoms with Crippen LogP contribution in [0.5, 0.6) is 0 Å². The molecule has 0 saturated carbocycles. The Kier molecular flexibility index (Phi) is 5.64. The van der Waals surface area contributed by atoms with Gasteiger partial charge in [-0.25, -0.2) is 9.37 Å². The van der Waals surface area contributed by atoms with Gasteiger partial charge in [-0.1, -0.05) is 24.3 Å². The Bertz CT molecular complexity index is 1200. The van der Waals surface area contributed by atoms with Gasteiger partial charge in [0.1, 0.15) is 11.6 Å². The van der Waals surface area contributed by atoms with E-state index in [1.807, 2.05) is 24.3 Å². The highest BCUT2D eigenvalue weighted by Crippen LogP contribution is 2.19. The number of benzene rings is 2. The third-order valence-corrected chi connectivity index (χ3v) is 5.88. The normalized spacial score (nSPS) is 15.2. The number of aromatic nitrogens is 3. The first kappa shape index (κ1) is 20.3. The van der Waals surface area contributed by atoms with Crippen molar-refractivity contribution in [3.63, 3.8) is 0 Å². The summed E-state index contributed by atoms with van der Waals surface area (Å²) in [4.78, 5) is 27.4. The van der Waals surface area contributed by atoms with E-state index in [-0.39, 0.29) is 17.8 Å². The van der Waals surface area contributed by atoms with Gasteiger partial charge >= 0.3 is 0 Å². The molecule has 1 fully saturated rings. The second kappa shape index (κ2) is 8.88. The van der Waals surface area contributed by atoms with E-state index in [1.54, 1.807) is 30.5 Å². The molecule has 4 aromatic rings. The summed E-state index contributed by atoms with van der Waals surface area (Å²) in [6.07, 6.45) is 3.33. The number of hydrogen-bond acceptors (Lipinski definition) is 4. The Morgan fingerprint density at radius 3 is 2.69 bits per heavy atom. The van der Waals surface area contributed by atoms with Gasteiger partial charge in [0, 0.05) is 30.9 Å². The number of amides is 1. The van der Waals surface area contributed by atoms with Crippen LogP contribution in [0.3, 0.4) is 0 Å². The molecule has 1 aliphatic rings. The van der Waals surface area contributed by atoms with Crippen molar-refractivity contribution in [2.75, 3.05) is 13.1 Å². The third-order valence-electron chi connectivity index (χ3n) is 5.88. The quantitative estimate of drug-likeness (QED) is 0.500. The van der Waals surface area contributed by atoms with E-state index >= 15 is 0 Å². The first-order valence-electron chi connectivity index (χ1n) is 10.8. The van der Waals surface area contributed by atoms with Crippen LogP contribution in [0.15, 0.2) is 66.9 Å². The molecular weight excluding hydrogens is 405 g/mol. The first-order chi connectivity index (χ1) is 15.6. The zero-order chi connectivity index (χ0) is 21.9. The van der Waals surface area contributed by atoms with Crippen LogP contribution < -0.4 is 5.32 Å². The summed E-state index contributed by atoms with van der Waals surface area (Å²) in [6, 6.07) is 17.9. The van der Waals surface area contributed by atoms with E-state index in [0.29, 0.717) is 16.8 Å². The topological polar surface area (TPSA) is 73.9 Å². The van der Waals surface area contributed by atoms with Gasteiger partial charge in [-0.05, 0) is 49.2 Å². The molecule has 7 heteroatoms. The number of likely N-dealkylation sites (tertiary alicyclic amines) is 1. The first-order valence-corrected chi connectivity index (χ1v) is 10.8. The predicted octanol–water partition coefficient (Wildman–Crippen LogP) is 4.16. The van der Waals surface area contributed by atoms with Gasteiger partial charge in [0.25, 0.3) is 5.91 Å². The second-order valence-corrected chi connectivity index (χ2v) is 8.17. The van der Waals surface area contributed by atoms with Crippen molar-refractivity contribution >= 4 is 16.9 Å². The van der Waals surface area contributed by atoms with Crippen LogP contribution in [0, 0.1) is 5.82 Å². The van der Waals surface area contributed by atoms with Crippen molar-refractivity contribution in [1.29, 1.82) is 0 Å². The van der Waals surface area contributed by atoms with Gasteiger partial charge in [0.15, 0.2) is 0 Å². The number of para-hydroxylation sites is 2. The number of aromatic amines is 1. The van der Waals surface area contributed by atoms with Crippen LogP contribution in [0.4, 0.5) is 4.39 Å². The van der Waals surface area contributed by atoms with Crippen LogP contribution in [0.25, 0.3) is 22.3 Å². The van der Waals surface area contributed by atoms with Gasteiger partial charge in [0.05, 0.1) is 28.8 Å². The number of nitrogens with zero attached hydrogens (tertiary/aromatic N) is 3. The van der Waals surface area contributed by atoms with Crippen molar-refractivity contribution < 1.29 is 9.18 Å². The number of halogens is 1. The molecule has 0 bridgehead atoms. The molecule has 0 radical (unpaired) electrons. The maximum atomic E-state index is 13.4. The Morgan fingerprint density at radius 2 is 1.94 bits per heavy atom. The minimum absolute atomic E-state index is 0.126. The number of nitrogens with one attached hydrogen (secondary N) is 2. The maximum Gasteiger partial charge on any atom is 0.253 e. The number of H-pyrrole nitrogens is 1. The molecule has 3 heterocycles. The fraction of sp³-hybridized carbons (Fsp3) is 0.240. The van der Waals surface area contributed by atoms with Gasteiger partial charge in [-0.15, -0.1) is 0 Å². The lowest BCUT2D eigenvalue weighted by atomic mass is 10.0. The lowest BCUT2D eigenvalue weighted by Gasteiger charge is -2.31. The largest absolute Gasteiger partial charge is 0.349 e. The molecule has 2 aromatic carbocycles. The average molecular weight is 429 g/mol. The summed E-state index contributed by atoms with van der Waals surface area (Å²) in [6.45, 7) is 2.58. The zero-order valence-electron chi connectivity index (χ0n) is 17.6. The van der Waals surface area contributed by atoms with Crippen LogP contribution in [-0.2, 0) is 6.54 Å². The minimum atomic E-state index is -0.308. The summed E-state index contributed by atoms with van der Waals surface area (Å²) in [5.41, 5.74) is 3.88. The van der Waals surface area contributed by atoms with Crippen molar-refractivity contribution in [2.24, 2.45) is 0 Å². The smallest absolute Gasteiger partial charge is 0.253 e. The van der Waals surface area contributed by atoms with E-state index in [2.05, 4.69) is 25.2 Å². The van der Waals surface area contributed by atoms with E-state index in [4.69, 9.17) is 0 Å². The minimum Gasteiger partial charge on any atom is -0.349 e. The molecule has 2 N–H and O–H groups in total. The summed E-state index contributed by atoms with van der Waals surface area (Å²) < 4.78 is 13.4. The monoisotopic (exact) mass is 429 g/mol. The standard InChI is InChI=1S/C25H24FN5O/c26-19-5-3-4-17(14-19)21-9-8-18(15-27-21)25(32)28-20-10-12-31(13-11-20)16-24-29-22-6-1-2-7-23(22)30-24/h1-9,14-15,20H,10-13,16H2,(H,28,32)(H,29,30). The van der Waals surface area contributed by atoms with E-state index in [9.17, 15) is 9.18 Å². The Morgan fingerprint density at radius 1 is 1.09 bits per heavy atom. The van der Waals surface area contributed by atoms with E-state index < -0.39 is 0 Å². The number of piperidine rings is 1. The lowest BCUT2D eigenvalue weighted by Crippen LogP contribution is -2.44. The molecule has 1 amide bonds. The maximum absolute atomic E-state index is 13.4.